The highest BCUT2D eigenvalue weighted by atomic mass is 14.7. The Morgan fingerprint density at radius 2 is 1.53 bits per heavy atom. The molecule has 78 valence electrons. The van der Waals surface area contributed by atoms with Crippen LogP contribution >= 0.6 is 0 Å². The first-order valence-electron chi connectivity index (χ1n) is 5.26. The van der Waals surface area contributed by atoms with Gasteiger partial charge in [-0.2, -0.15) is 0 Å². The number of hydrogen-bond acceptors (Lipinski definition) is 1. The molecule has 0 fully saturated rings. The van der Waals surface area contributed by atoms with Crippen LogP contribution < -0.4 is 5.73 Å². The van der Waals surface area contributed by atoms with Crippen molar-refractivity contribution in [2.75, 3.05) is 0 Å². The zero-order valence-corrected chi connectivity index (χ0v) is 9.54. The van der Waals surface area contributed by atoms with Crippen LogP contribution in [0.5, 0.6) is 0 Å². The Bertz CT molecular complexity index is 492. The van der Waals surface area contributed by atoms with Crippen molar-refractivity contribution in [2.24, 2.45) is 5.73 Å². The molecule has 1 heteroatoms. The third-order valence-corrected chi connectivity index (χ3v) is 2.74. The smallest absolute Gasteiger partial charge is 0.0352 e. The molecule has 15 heavy (non-hydrogen) atoms. The minimum absolute atomic E-state index is 0.265. The summed E-state index contributed by atoms with van der Waals surface area (Å²) in [6, 6.07) is 12.9. The highest BCUT2D eigenvalue weighted by Gasteiger charge is 2.13. The quantitative estimate of drug-likeness (QED) is 0.749. The van der Waals surface area contributed by atoms with Crippen LogP contribution in [0.25, 0.3) is 10.8 Å². The Balaban J connectivity index is 2.62. The van der Waals surface area contributed by atoms with Crippen LogP contribution in [0.2, 0.25) is 0 Å². The van der Waals surface area contributed by atoms with Crippen LogP contribution in [0.4, 0.5) is 0 Å². The topological polar surface area (TPSA) is 26.0 Å². The van der Waals surface area contributed by atoms with Gasteiger partial charge in [0, 0.05) is 5.54 Å². The Labute approximate surface area is 90.9 Å². The Hall–Kier alpha value is -1.34. The number of aryl methyl sites for hydroxylation is 1. The van der Waals surface area contributed by atoms with Gasteiger partial charge in [0.2, 0.25) is 0 Å². The molecule has 2 aromatic carbocycles. The molecule has 2 N–H and O–H groups in total. The van der Waals surface area contributed by atoms with Gasteiger partial charge in [-0.15, -0.1) is 0 Å². The van der Waals surface area contributed by atoms with Crippen LogP contribution in [-0.4, -0.2) is 0 Å². The second-order valence-electron chi connectivity index (χ2n) is 4.79. The van der Waals surface area contributed by atoms with Gasteiger partial charge in [0.1, 0.15) is 0 Å². The van der Waals surface area contributed by atoms with Crippen molar-refractivity contribution in [3.8, 4) is 0 Å². The maximum atomic E-state index is 6.08. The first-order valence-corrected chi connectivity index (χ1v) is 5.26. The van der Waals surface area contributed by atoms with Gasteiger partial charge < -0.3 is 5.73 Å². The lowest BCUT2D eigenvalue weighted by Crippen LogP contribution is -2.28. The van der Waals surface area contributed by atoms with Crippen LogP contribution in [0.1, 0.15) is 25.0 Å². The predicted octanol–water partition coefficient (Wildman–Crippen LogP) is 3.34. The number of fused-ring (bicyclic) bond motifs is 1. The first-order chi connectivity index (χ1) is 6.97. The van der Waals surface area contributed by atoms with Crippen molar-refractivity contribution in [1.29, 1.82) is 0 Å². The van der Waals surface area contributed by atoms with E-state index in [0.717, 1.165) is 0 Å². The molecule has 0 bridgehead atoms. The average molecular weight is 199 g/mol. The normalized spacial score (nSPS) is 12.0. The van der Waals surface area contributed by atoms with Gasteiger partial charge in [0.05, 0.1) is 0 Å². The van der Waals surface area contributed by atoms with Crippen molar-refractivity contribution in [1.82, 2.24) is 0 Å². The number of hydrogen-bond donors (Lipinski definition) is 1. The molecule has 0 heterocycles. The Morgan fingerprint density at radius 3 is 2.20 bits per heavy atom. The van der Waals surface area contributed by atoms with Gasteiger partial charge in [-0.1, -0.05) is 35.9 Å². The third kappa shape index (κ3) is 2.02. The van der Waals surface area contributed by atoms with E-state index in [1.54, 1.807) is 0 Å². The van der Waals surface area contributed by atoms with Gasteiger partial charge in [-0.3, -0.25) is 0 Å². The molecule has 0 unspecified atom stereocenters. The van der Waals surface area contributed by atoms with Gasteiger partial charge in [0.15, 0.2) is 0 Å². The molecule has 0 aliphatic rings. The summed E-state index contributed by atoms with van der Waals surface area (Å²) in [4.78, 5) is 0. The van der Waals surface area contributed by atoms with Crippen molar-refractivity contribution < 1.29 is 0 Å². The molecule has 2 aromatic rings. The Kier molecular flexibility index (Phi) is 2.28. The minimum Gasteiger partial charge on any atom is -0.322 e. The summed E-state index contributed by atoms with van der Waals surface area (Å²) < 4.78 is 0. The second-order valence-corrected chi connectivity index (χ2v) is 4.79. The molecule has 0 atom stereocenters. The molecule has 0 radical (unpaired) electrons. The van der Waals surface area contributed by atoms with E-state index in [0.29, 0.717) is 0 Å². The van der Waals surface area contributed by atoms with E-state index in [1.165, 1.54) is 21.9 Å². The molecular formula is C14H17N. The number of rotatable bonds is 1. The van der Waals surface area contributed by atoms with Crippen molar-refractivity contribution in [2.45, 2.75) is 26.3 Å². The molecule has 0 aliphatic heterocycles. The molecule has 0 amide bonds. The van der Waals surface area contributed by atoms with Gasteiger partial charge >= 0.3 is 0 Å². The molecule has 0 spiro atoms. The molecule has 2 rings (SSSR count). The van der Waals surface area contributed by atoms with Crippen LogP contribution in [-0.2, 0) is 5.54 Å². The maximum Gasteiger partial charge on any atom is 0.0352 e. The number of nitrogens with two attached hydrogens (primary N) is 1. The zero-order valence-electron chi connectivity index (χ0n) is 9.54. The summed E-state index contributed by atoms with van der Waals surface area (Å²) in [5.74, 6) is 0. The SMILES string of the molecule is Cc1ccc2cc(C(C)(C)N)ccc2c1. The molecule has 0 aliphatic carbocycles. The minimum atomic E-state index is -0.265. The summed E-state index contributed by atoms with van der Waals surface area (Å²) in [6.07, 6.45) is 0. The van der Waals surface area contributed by atoms with E-state index in [-0.39, 0.29) is 5.54 Å². The largest absolute Gasteiger partial charge is 0.322 e. The lowest BCUT2D eigenvalue weighted by molar-refractivity contribution is 0.555. The van der Waals surface area contributed by atoms with E-state index in [9.17, 15) is 0 Å². The highest BCUT2D eigenvalue weighted by molar-refractivity contribution is 5.84. The maximum absolute atomic E-state index is 6.08. The van der Waals surface area contributed by atoms with E-state index >= 15 is 0 Å². The molecular weight excluding hydrogens is 182 g/mol. The summed E-state index contributed by atoms with van der Waals surface area (Å²) in [6.45, 7) is 6.17. The summed E-state index contributed by atoms with van der Waals surface area (Å²) >= 11 is 0. The van der Waals surface area contributed by atoms with Gasteiger partial charge in [0.25, 0.3) is 0 Å². The standard InChI is InChI=1S/C14H17N/c1-10-4-5-12-9-13(14(2,3)15)7-6-11(12)8-10/h4-9H,15H2,1-3H3. The third-order valence-electron chi connectivity index (χ3n) is 2.74. The van der Waals surface area contributed by atoms with Crippen LogP contribution in [0.3, 0.4) is 0 Å². The average Bonchev–Trinajstić information content (AvgIpc) is 2.15. The predicted molar refractivity (Wildman–Crippen MR) is 65.9 cm³/mol. The van der Waals surface area contributed by atoms with Crippen LogP contribution in [0, 0.1) is 6.92 Å². The number of benzene rings is 2. The van der Waals surface area contributed by atoms with Crippen molar-refractivity contribution >= 4 is 10.8 Å². The second kappa shape index (κ2) is 3.35. The van der Waals surface area contributed by atoms with Crippen LogP contribution in [0.15, 0.2) is 36.4 Å². The van der Waals surface area contributed by atoms with E-state index in [2.05, 4.69) is 43.3 Å². The molecule has 0 saturated carbocycles. The molecule has 0 saturated heterocycles. The van der Waals surface area contributed by atoms with Gasteiger partial charge in [-0.25, -0.2) is 0 Å². The summed E-state index contributed by atoms with van der Waals surface area (Å²) in [7, 11) is 0. The zero-order chi connectivity index (χ0) is 11.1. The fourth-order valence-corrected chi connectivity index (χ4v) is 1.77. The molecule has 1 nitrogen and oxygen atoms in total. The van der Waals surface area contributed by atoms with E-state index in [1.807, 2.05) is 13.8 Å². The highest BCUT2D eigenvalue weighted by Crippen LogP contribution is 2.23. The fourth-order valence-electron chi connectivity index (χ4n) is 1.77. The lowest BCUT2D eigenvalue weighted by Gasteiger charge is -2.19. The Morgan fingerprint density at radius 1 is 0.933 bits per heavy atom. The van der Waals surface area contributed by atoms with Gasteiger partial charge in [-0.05, 0) is 43.2 Å². The monoisotopic (exact) mass is 199 g/mol. The fraction of sp³-hybridized carbons (Fsp3) is 0.286. The molecule has 0 aromatic heterocycles. The van der Waals surface area contributed by atoms with Crippen molar-refractivity contribution in [3.05, 3.63) is 47.5 Å². The van der Waals surface area contributed by atoms with E-state index in [4.69, 9.17) is 5.73 Å². The van der Waals surface area contributed by atoms with E-state index < -0.39 is 0 Å². The summed E-state index contributed by atoms with van der Waals surface area (Å²) in [5, 5.41) is 2.54. The summed E-state index contributed by atoms with van der Waals surface area (Å²) in [5.41, 5.74) is 8.29. The van der Waals surface area contributed by atoms with Crippen molar-refractivity contribution in [3.63, 3.8) is 0 Å². The first kappa shape index (κ1) is 10.2. The lowest BCUT2D eigenvalue weighted by atomic mass is 9.93.